The number of hydrogen-bond donors (Lipinski definition) is 2. The lowest BCUT2D eigenvalue weighted by Crippen LogP contribution is -2.36. The Hall–Kier alpha value is -2.36. The van der Waals surface area contributed by atoms with E-state index in [4.69, 9.17) is 0 Å². The minimum atomic E-state index is -0.0597. The normalized spacial score (nSPS) is 17.0. The Morgan fingerprint density at radius 1 is 1.10 bits per heavy atom. The summed E-state index contributed by atoms with van der Waals surface area (Å²) < 4.78 is 1.06. The van der Waals surface area contributed by atoms with E-state index in [1.807, 2.05) is 24.3 Å². The molecule has 5 rings (SSSR count). The molecule has 9 heteroatoms. The molecule has 2 amide bonds. The van der Waals surface area contributed by atoms with Crippen LogP contribution in [0.15, 0.2) is 24.3 Å². The second-order valence-electron chi connectivity index (χ2n) is 7.50. The summed E-state index contributed by atoms with van der Waals surface area (Å²) in [6.45, 7) is 1.77. The summed E-state index contributed by atoms with van der Waals surface area (Å²) in [4.78, 5) is 36.9. The first kappa shape index (κ1) is 18.7. The number of hydrogen-bond acceptors (Lipinski definition) is 7. The molecule has 0 spiro atoms. The molecule has 0 bridgehead atoms. The number of nitrogens with one attached hydrogen (secondary N) is 2. The Bertz CT molecular complexity index is 1040. The maximum Gasteiger partial charge on any atom is 0.240 e. The van der Waals surface area contributed by atoms with Crippen molar-refractivity contribution < 1.29 is 9.59 Å². The van der Waals surface area contributed by atoms with Gasteiger partial charge in [-0.3, -0.25) is 14.5 Å². The molecule has 0 radical (unpaired) electrons. The molecule has 29 heavy (non-hydrogen) atoms. The van der Waals surface area contributed by atoms with Crippen molar-refractivity contribution in [2.45, 2.75) is 32.2 Å². The Morgan fingerprint density at radius 2 is 1.93 bits per heavy atom. The molecular weight excluding hydrogens is 406 g/mol. The van der Waals surface area contributed by atoms with Crippen molar-refractivity contribution in [3.63, 3.8) is 0 Å². The van der Waals surface area contributed by atoms with Crippen molar-refractivity contribution in [3.05, 3.63) is 34.8 Å². The van der Waals surface area contributed by atoms with Crippen LogP contribution in [0.3, 0.4) is 0 Å². The number of anilines is 2. The number of aromatic nitrogens is 2. The first-order chi connectivity index (χ1) is 14.1. The molecule has 0 atom stereocenters. The highest BCUT2D eigenvalue weighted by Gasteiger charge is 2.27. The van der Waals surface area contributed by atoms with E-state index < -0.39 is 0 Å². The number of carbonyl (C=O) groups excluding carboxylic acids is 2. The van der Waals surface area contributed by atoms with E-state index in [0.29, 0.717) is 23.4 Å². The molecule has 2 aromatic heterocycles. The average molecular weight is 428 g/mol. The summed E-state index contributed by atoms with van der Waals surface area (Å²) >= 11 is 3.01. The van der Waals surface area contributed by atoms with Crippen molar-refractivity contribution in [3.8, 4) is 0 Å². The highest BCUT2D eigenvalue weighted by molar-refractivity contribution is 7.22. The molecule has 0 unspecified atom stereocenters. The lowest BCUT2D eigenvalue weighted by atomic mass is 9.85. The van der Waals surface area contributed by atoms with E-state index in [2.05, 4.69) is 25.5 Å². The summed E-state index contributed by atoms with van der Waals surface area (Å²) in [5.74, 6) is 0.184. The monoisotopic (exact) mass is 427 g/mol. The molecule has 1 aliphatic heterocycles. The number of benzene rings is 1. The molecule has 7 nitrogen and oxygen atoms in total. The second kappa shape index (κ2) is 7.81. The maximum atomic E-state index is 12.5. The Balaban J connectivity index is 1.18. The standard InChI is InChI=1S/C20H21N5O2S2/c26-17(23-19-21-13-6-1-2-7-15(13)28-19)11-25-9-8-14-16(10-25)29-20(22-14)24-18(27)12-4-3-5-12/h1-2,6-7,12H,3-5,8-11H2,(H,21,23,26)(H,22,24,27). The largest absolute Gasteiger partial charge is 0.302 e. The molecule has 3 heterocycles. The smallest absolute Gasteiger partial charge is 0.240 e. The molecule has 2 N–H and O–H groups in total. The topological polar surface area (TPSA) is 87.2 Å². The third-order valence-electron chi connectivity index (χ3n) is 5.42. The number of rotatable bonds is 5. The van der Waals surface area contributed by atoms with Gasteiger partial charge in [-0.25, -0.2) is 9.97 Å². The molecule has 150 valence electrons. The lowest BCUT2D eigenvalue weighted by Gasteiger charge is -2.24. The Kier molecular flexibility index (Phi) is 5.03. The number of nitrogens with zero attached hydrogens (tertiary/aromatic N) is 3. The van der Waals surface area contributed by atoms with Crippen LogP contribution in [0.25, 0.3) is 10.2 Å². The predicted molar refractivity (Wildman–Crippen MR) is 115 cm³/mol. The van der Waals surface area contributed by atoms with Gasteiger partial charge >= 0.3 is 0 Å². The van der Waals surface area contributed by atoms with E-state index in [1.165, 1.54) is 22.7 Å². The van der Waals surface area contributed by atoms with Gasteiger partial charge in [0.05, 0.1) is 22.5 Å². The molecule has 1 aromatic carbocycles. The summed E-state index contributed by atoms with van der Waals surface area (Å²) in [6.07, 6.45) is 3.89. The Labute approximate surface area is 176 Å². The van der Waals surface area contributed by atoms with Crippen molar-refractivity contribution in [2.75, 3.05) is 23.7 Å². The maximum absolute atomic E-state index is 12.5. The van der Waals surface area contributed by atoms with Gasteiger partial charge in [-0.1, -0.05) is 29.9 Å². The van der Waals surface area contributed by atoms with E-state index in [1.54, 1.807) is 0 Å². The van der Waals surface area contributed by atoms with Crippen LogP contribution in [0.4, 0.5) is 10.3 Å². The number of fused-ring (bicyclic) bond motifs is 2. The van der Waals surface area contributed by atoms with Crippen LogP contribution < -0.4 is 10.6 Å². The molecule has 0 saturated heterocycles. The number of carbonyl (C=O) groups is 2. The SMILES string of the molecule is O=C(CN1CCc2nc(NC(=O)C3CCC3)sc2C1)Nc1nc2ccccc2s1. The Morgan fingerprint density at radius 3 is 2.72 bits per heavy atom. The van der Waals surface area contributed by atoms with Gasteiger partial charge in [0.1, 0.15) is 0 Å². The van der Waals surface area contributed by atoms with E-state index in [-0.39, 0.29) is 17.7 Å². The molecule has 3 aromatic rings. The summed E-state index contributed by atoms with van der Waals surface area (Å²) in [5, 5.41) is 7.20. The molecule has 2 aliphatic rings. The minimum absolute atomic E-state index is 0.0597. The van der Waals surface area contributed by atoms with Crippen molar-refractivity contribution in [2.24, 2.45) is 5.92 Å². The van der Waals surface area contributed by atoms with Crippen molar-refractivity contribution >= 4 is 55.0 Å². The zero-order chi connectivity index (χ0) is 19.8. The van der Waals surface area contributed by atoms with Crippen LogP contribution in [0.5, 0.6) is 0 Å². The van der Waals surface area contributed by atoms with E-state index in [0.717, 1.165) is 53.0 Å². The lowest BCUT2D eigenvalue weighted by molar-refractivity contribution is -0.122. The highest BCUT2D eigenvalue weighted by atomic mass is 32.1. The number of thiazole rings is 2. The number of para-hydroxylation sites is 1. The van der Waals surface area contributed by atoms with Gasteiger partial charge in [0.2, 0.25) is 11.8 Å². The second-order valence-corrected chi connectivity index (χ2v) is 9.62. The molecule has 1 fully saturated rings. The summed E-state index contributed by atoms with van der Waals surface area (Å²) in [7, 11) is 0. The van der Waals surface area contributed by atoms with E-state index in [9.17, 15) is 9.59 Å². The molecule has 1 saturated carbocycles. The fourth-order valence-electron chi connectivity index (χ4n) is 3.60. The third kappa shape index (κ3) is 4.03. The van der Waals surface area contributed by atoms with Gasteiger partial charge in [-0.15, -0.1) is 11.3 Å². The van der Waals surface area contributed by atoms with Crippen molar-refractivity contribution in [1.29, 1.82) is 0 Å². The van der Waals surface area contributed by atoms with Crippen LogP contribution >= 0.6 is 22.7 Å². The van der Waals surface area contributed by atoms with Crippen LogP contribution in [0, 0.1) is 5.92 Å². The quantitative estimate of drug-likeness (QED) is 0.651. The average Bonchev–Trinajstić information content (AvgIpc) is 3.21. The zero-order valence-electron chi connectivity index (χ0n) is 15.8. The first-order valence-electron chi connectivity index (χ1n) is 9.81. The third-order valence-corrected chi connectivity index (χ3v) is 7.37. The predicted octanol–water partition coefficient (Wildman–Crippen LogP) is 3.49. The van der Waals surface area contributed by atoms with Gasteiger partial charge in [-0.2, -0.15) is 0 Å². The summed E-state index contributed by atoms with van der Waals surface area (Å²) in [5.41, 5.74) is 1.94. The van der Waals surface area contributed by atoms with Crippen LogP contribution in [0.1, 0.15) is 29.8 Å². The minimum Gasteiger partial charge on any atom is -0.302 e. The van der Waals surface area contributed by atoms with Gasteiger partial charge in [-0.05, 0) is 25.0 Å². The van der Waals surface area contributed by atoms with Gasteiger partial charge in [0.25, 0.3) is 0 Å². The number of amides is 2. The zero-order valence-corrected chi connectivity index (χ0v) is 17.4. The highest BCUT2D eigenvalue weighted by Crippen LogP contribution is 2.31. The van der Waals surface area contributed by atoms with E-state index >= 15 is 0 Å². The molecular formula is C20H21N5O2S2. The first-order valence-corrected chi connectivity index (χ1v) is 11.4. The van der Waals surface area contributed by atoms with Crippen LogP contribution in [-0.2, 0) is 22.6 Å². The van der Waals surface area contributed by atoms with Gasteiger partial charge in [0.15, 0.2) is 10.3 Å². The van der Waals surface area contributed by atoms with Gasteiger partial charge < -0.3 is 10.6 Å². The van der Waals surface area contributed by atoms with Crippen LogP contribution in [0.2, 0.25) is 0 Å². The fraction of sp³-hybridized carbons (Fsp3) is 0.400. The van der Waals surface area contributed by atoms with Gasteiger partial charge in [0, 0.05) is 30.3 Å². The van der Waals surface area contributed by atoms with Crippen LogP contribution in [-0.4, -0.2) is 39.8 Å². The van der Waals surface area contributed by atoms with Crippen molar-refractivity contribution in [1.82, 2.24) is 14.9 Å². The fourth-order valence-corrected chi connectivity index (χ4v) is 5.54. The summed E-state index contributed by atoms with van der Waals surface area (Å²) in [6, 6.07) is 7.85. The molecule has 1 aliphatic carbocycles.